The van der Waals surface area contributed by atoms with E-state index in [2.05, 4.69) is 5.32 Å². The lowest BCUT2D eigenvalue weighted by molar-refractivity contribution is -0.129. The van der Waals surface area contributed by atoms with Crippen LogP contribution in [0.1, 0.15) is 50.1 Å². The van der Waals surface area contributed by atoms with Crippen molar-refractivity contribution in [1.82, 2.24) is 4.90 Å². The predicted octanol–water partition coefficient (Wildman–Crippen LogP) is 3.83. The Bertz CT molecular complexity index is 1530. The molecule has 0 atom stereocenters. The third-order valence-corrected chi connectivity index (χ3v) is 9.85. The maximum absolute atomic E-state index is 13.4. The number of nitrogens with one attached hydrogen (secondary N) is 1. The number of anilines is 2. The van der Waals surface area contributed by atoms with Gasteiger partial charge in [0.1, 0.15) is 5.00 Å². The van der Waals surface area contributed by atoms with Crippen LogP contribution in [0.2, 0.25) is 0 Å². The summed E-state index contributed by atoms with van der Waals surface area (Å²) in [5, 5.41) is 3.14. The number of para-hydroxylation sites is 1. The highest BCUT2D eigenvalue weighted by atomic mass is 32.2. The molecule has 2 aliphatic heterocycles. The van der Waals surface area contributed by atoms with Gasteiger partial charge in [-0.25, -0.2) is 13.2 Å². The minimum atomic E-state index is -3.80. The van der Waals surface area contributed by atoms with Crippen LogP contribution < -0.4 is 9.62 Å². The summed E-state index contributed by atoms with van der Waals surface area (Å²) in [4.78, 5) is 40.1. The van der Waals surface area contributed by atoms with Gasteiger partial charge >= 0.3 is 5.97 Å². The fourth-order valence-corrected chi connectivity index (χ4v) is 7.70. The molecule has 198 valence electrons. The summed E-state index contributed by atoms with van der Waals surface area (Å²) in [7, 11) is -2.52. The maximum atomic E-state index is 13.4. The van der Waals surface area contributed by atoms with Gasteiger partial charge in [-0.05, 0) is 60.7 Å². The van der Waals surface area contributed by atoms with E-state index in [1.165, 1.54) is 53.9 Å². The smallest absolute Gasteiger partial charge is 0.341 e. The Morgan fingerprint density at radius 1 is 1.00 bits per heavy atom. The molecule has 0 bridgehead atoms. The molecular weight excluding hydrogens is 526 g/mol. The number of hydrogen-bond donors (Lipinski definition) is 1. The van der Waals surface area contributed by atoms with Gasteiger partial charge in [-0.1, -0.05) is 18.2 Å². The molecular formula is C27H27N3O6S2. The normalized spacial score (nSPS) is 14.9. The van der Waals surface area contributed by atoms with Crippen LogP contribution in [-0.2, 0) is 38.9 Å². The number of sulfonamides is 1. The van der Waals surface area contributed by atoms with E-state index in [9.17, 15) is 22.8 Å². The third-order valence-electron chi connectivity index (χ3n) is 6.89. The zero-order valence-electron chi connectivity index (χ0n) is 21.0. The third kappa shape index (κ3) is 4.67. The first-order valence-corrected chi connectivity index (χ1v) is 14.5. The van der Waals surface area contributed by atoms with Gasteiger partial charge < -0.3 is 15.0 Å². The Balaban J connectivity index is 1.39. The Hall–Kier alpha value is -3.70. The van der Waals surface area contributed by atoms with Crippen molar-refractivity contribution in [3.05, 3.63) is 75.7 Å². The number of amides is 2. The Morgan fingerprint density at radius 3 is 2.45 bits per heavy atom. The van der Waals surface area contributed by atoms with E-state index < -0.39 is 21.9 Å². The number of aryl methyl sites for hydroxylation is 1. The molecule has 0 aliphatic carbocycles. The quantitative estimate of drug-likeness (QED) is 0.481. The van der Waals surface area contributed by atoms with Crippen LogP contribution >= 0.6 is 11.3 Å². The van der Waals surface area contributed by atoms with Gasteiger partial charge in [0, 0.05) is 30.5 Å². The average Bonchev–Trinajstić information content (AvgIpc) is 3.29. The van der Waals surface area contributed by atoms with E-state index in [0.717, 1.165) is 28.8 Å². The Morgan fingerprint density at radius 2 is 1.74 bits per heavy atom. The second kappa shape index (κ2) is 10.2. The lowest BCUT2D eigenvalue weighted by Gasteiger charge is -2.30. The molecule has 0 unspecified atom stereocenters. The molecule has 0 fully saturated rings. The minimum Gasteiger partial charge on any atom is -0.465 e. The molecule has 1 N–H and O–H groups in total. The summed E-state index contributed by atoms with van der Waals surface area (Å²) < 4.78 is 33.2. The Labute approximate surface area is 225 Å². The number of esters is 1. The first-order chi connectivity index (χ1) is 18.2. The summed E-state index contributed by atoms with van der Waals surface area (Å²) >= 11 is 1.24. The van der Waals surface area contributed by atoms with Crippen LogP contribution in [0, 0.1) is 0 Å². The average molecular weight is 554 g/mol. The minimum absolute atomic E-state index is 0.0580. The van der Waals surface area contributed by atoms with Crippen molar-refractivity contribution >= 4 is 49.8 Å². The molecule has 0 radical (unpaired) electrons. The number of ether oxygens (including phenoxy) is 1. The number of nitrogens with zero attached hydrogens (tertiary/aromatic N) is 2. The fourth-order valence-electron chi connectivity index (χ4n) is 4.91. The van der Waals surface area contributed by atoms with Crippen molar-refractivity contribution in [2.24, 2.45) is 0 Å². The number of benzene rings is 2. The molecule has 3 heterocycles. The van der Waals surface area contributed by atoms with Gasteiger partial charge in [0.2, 0.25) is 5.91 Å². The highest BCUT2D eigenvalue weighted by Crippen LogP contribution is 2.38. The van der Waals surface area contributed by atoms with E-state index in [1.54, 1.807) is 4.90 Å². The van der Waals surface area contributed by atoms with E-state index >= 15 is 0 Å². The molecule has 3 aromatic rings. The lowest BCUT2D eigenvalue weighted by atomic mass is 10.0. The van der Waals surface area contributed by atoms with Crippen molar-refractivity contribution in [2.45, 2.75) is 37.6 Å². The molecule has 2 aliphatic rings. The Kier molecular flexibility index (Phi) is 6.97. The molecule has 5 rings (SSSR count). The van der Waals surface area contributed by atoms with Gasteiger partial charge in [-0.15, -0.1) is 11.3 Å². The van der Waals surface area contributed by atoms with Crippen LogP contribution in [0.25, 0.3) is 0 Å². The highest BCUT2D eigenvalue weighted by Gasteiger charge is 2.31. The van der Waals surface area contributed by atoms with E-state index in [0.29, 0.717) is 42.3 Å². The lowest BCUT2D eigenvalue weighted by Crippen LogP contribution is -2.35. The molecule has 2 amide bonds. The van der Waals surface area contributed by atoms with Gasteiger partial charge in [-0.3, -0.25) is 13.9 Å². The second-order valence-corrected chi connectivity index (χ2v) is 12.1. The number of fused-ring (bicyclic) bond motifs is 2. The number of carbonyl (C=O) groups is 3. The van der Waals surface area contributed by atoms with Crippen LogP contribution in [0.3, 0.4) is 0 Å². The van der Waals surface area contributed by atoms with Crippen LogP contribution in [0.4, 0.5) is 10.7 Å². The number of thiophene rings is 1. The molecule has 11 heteroatoms. The zero-order valence-corrected chi connectivity index (χ0v) is 22.7. The molecule has 0 saturated carbocycles. The van der Waals surface area contributed by atoms with Gasteiger partial charge in [0.25, 0.3) is 15.9 Å². The zero-order chi connectivity index (χ0) is 27.0. The molecule has 38 heavy (non-hydrogen) atoms. The second-order valence-electron chi connectivity index (χ2n) is 9.18. The summed E-state index contributed by atoms with van der Waals surface area (Å²) in [5.74, 6) is -1.10. The van der Waals surface area contributed by atoms with Crippen molar-refractivity contribution < 1.29 is 27.5 Å². The van der Waals surface area contributed by atoms with Gasteiger partial charge in [0.05, 0.1) is 29.8 Å². The molecule has 0 saturated heterocycles. The van der Waals surface area contributed by atoms with Crippen LogP contribution in [0.15, 0.2) is 53.4 Å². The number of hydrogen-bond acceptors (Lipinski definition) is 7. The SMILES string of the molecule is COC(=O)c1c(NC(=O)c2ccc(S(=O)(=O)N3CCCc4ccccc43)cc2)sc2c1CCN(C(C)=O)C2. The van der Waals surface area contributed by atoms with Crippen LogP contribution in [-0.4, -0.2) is 51.3 Å². The monoisotopic (exact) mass is 553 g/mol. The molecule has 0 spiro atoms. The summed E-state index contributed by atoms with van der Waals surface area (Å²) in [5.41, 5.74) is 2.99. The molecule has 9 nitrogen and oxygen atoms in total. The highest BCUT2D eigenvalue weighted by molar-refractivity contribution is 7.92. The topological polar surface area (TPSA) is 113 Å². The molecule has 2 aromatic carbocycles. The van der Waals surface area contributed by atoms with Crippen molar-refractivity contribution in [1.29, 1.82) is 0 Å². The van der Waals surface area contributed by atoms with Crippen LogP contribution in [0.5, 0.6) is 0 Å². The van der Waals surface area contributed by atoms with Gasteiger partial charge in [-0.2, -0.15) is 0 Å². The largest absolute Gasteiger partial charge is 0.465 e. The predicted molar refractivity (Wildman–Crippen MR) is 144 cm³/mol. The summed E-state index contributed by atoms with van der Waals surface area (Å²) in [6, 6.07) is 13.2. The van der Waals surface area contributed by atoms with Crippen molar-refractivity contribution in [3.8, 4) is 0 Å². The summed E-state index contributed by atoms with van der Waals surface area (Å²) in [6.45, 7) is 2.73. The van der Waals surface area contributed by atoms with E-state index in [1.807, 2.05) is 24.3 Å². The summed E-state index contributed by atoms with van der Waals surface area (Å²) in [6.07, 6.45) is 2.04. The maximum Gasteiger partial charge on any atom is 0.341 e. The van der Waals surface area contributed by atoms with E-state index in [-0.39, 0.29) is 16.4 Å². The standard InChI is InChI=1S/C27H27N3O6S2/c1-17(31)29-15-13-21-23(16-29)37-26(24(21)27(33)36-2)28-25(32)19-9-11-20(12-10-19)38(34,35)30-14-5-7-18-6-3-4-8-22(18)30/h3-4,6,8-12H,5,7,13-16H2,1-2H3,(H,28,32). The van der Waals surface area contributed by atoms with Crippen molar-refractivity contribution in [2.75, 3.05) is 29.8 Å². The molecule has 1 aromatic heterocycles. The van der Waals surface area contributed by atoms with Gasteiger partial charge in [0.15, 0.2) is 0 Å². The van der Waals surface area contributed by atoms with E-state index in [4.69, 9.17) is 4.74 Å². The first-order valence-electron chi connectivity index (χ1n) is 12.2. The fraction of sp³-hybridized carbons (Fsp3) is 0.296. The first kappa shape index (κ1) is 25.9. The van der Waals surface area contributed by atoms with Crippen molar-refractivity contribution in [3.63, 3.8) is 0 Å². The number of methoxy groups -OCH3 is 1. The number of carbonyl (C=O) groups excluding carboxylic acids is 3. The number of rotatable bonds is 5.